The van der Waals surface area contributed by atoms with Crippen LogP contribution < -0.4 is 10.6 Å². The Kier molecular flexibility index (Phi) is 5.42. The molecule has 6 heteroatoms. The van der Waals surface area contributed by atoms with Crippen LogP contribution in [0, 0.1) is 5.92 Å². The van der Waals surface area contributed by atoms with Gasteiger partial charge in [0.1, 0.15) is 0 Å². The number of nitrogens with two attached hydrogens (primary N) is 1. The van der Waals surface area contributed by atoms with Gasteiger partial charge in [0.2, 0.25) is 5.91 Å². The van der Waals surface area contributed by atoms with Crippen LogP contribution in [0.25, 0.3) is 0 Å². The molecule has 3 rings (SSSR count). The molecule has 0 aliphatic carbocycles. The third-order valence-electron chi connectivity index (χ3n) is 4.41. The van der Waals surface area contributed by atoms with Crippen LogP contribution in [0.3, 0.4) is 0 Å². The number of carbonyl (C=O) groups excluding carboxylic acids is 1. The lowest BCUT2D eigenvalue weighted by molar-refractivity contribution is -0.135. The summed E-state index contributed by atoms with van der Waals surface area (Å²) < 4.78 is 0. The zero-order valence-electron chi connectivity index (χ0n) is 12.1. The molecule has 2 aliphatic rings. The lowest BCUT2D eigenvalue weighted by atomic mass is 9.95. The molecule has 1 aromatic rings. The maximum atomic E-state index is 12.4. The first-order valence-corrected chi connectivity index (χ1v) is 7.43. The van der Waals surface area contributed by atoms with Gasteiger partial charge in [0.25, 0.3) is 0 Å². The van der Waals surface area contributed by atoms with Gasteiger partial charge in [-0.2, -0.15) is 0 Å². The lowest BCUT2D eigenvalue weighted by Gasteiger charge is -2.34. The van der Waals surface area contributed by atoms with Crippen molar-refractivity contribution in [2.75, 3.05) is 31.1 Å². The average molecular weight is 311 g/mol. The Bertz CT molecular complexity index is 462. The van der Waals surface area contributed by atoms with E-state index in [9.17, 15) is 4.79 Å². The number of rotatable bonds is 2. The maximum Gasteiger partial charge on any atom is 0.225 e. The fourth-order valence-electron chi connectivity index (χ4n) is 3.19. The van der Waals surface area contributed by atoms with E-state index in [-0.39, 0.29) is 24.4 Å². The van der Waals surface area contributed by atoms with Crippen LogP contribution in [0.1, 0.15) is 19.3 Å². The molecule has 2 fully saturated rings. The molecular formula is C15H23ClN4O. The van der Waals surface area contributed by atoms with Crippen molar-refractivity contribution in [1.29, 1.82) is 0 Å². The first-order chi connectivity index (χ1) is 9.74. The van der Waals surface area contributed by atoms with Crippen LogP contribution in [0.2, 0.25) is 0 Å². The summed E-state index contributed by atoms with van der Waals surface area (Å²) in [6.07, 6.45) is 6.46. The maximum absolute atomic E-state index is 12.4. The van der Waals surface area contributed by atoms with Crippen molar-refractivity contribution in [3.8, 4) is 0 Å². The second-order valence-corrected chi connectivity index (χ2v) is 5.80. The van der Waals surface area contributed by atoms with Crippen LogP contribution >= 0.6 is 12.4 Å². The third kappa shape index (κ3) is 3.66. The summed E-state index contributed by atoms with van der Waals surface area (Å²) in [5, 5.41) is 0. The molecule has 3 heterocycles. The zero-order valence-corrected chi connectivity index (χ0v) is 13.0. The quantitative estimate of drug-likeness (QED) is 0.894. The Morgan fingerprint density at radius 1 is 1.14 bits per heavy atom. The first kappa shape index (κ1) is 16.0. The first-order valence-electron chi connectivity index (χ1n) is 7.43. The van der Waals surface area contributed by atoms with Gasteiger partial charge in [0.05, 0.1) is 0 Å². The number of pyridine rings is 1. The van der Waals surface area contributed by atoms with E-state index >= 15 is 0 Å². The Morgan fingerprint density at radius 2 is 1.81 bits per heavy atom. The fourth-order valence-corrected chi connectivity index (χ4v) is 3.19. The van der Waals surface area contributed by atoms with Crippen LogP contribution in [-0.2, 0) is 4.79 Å². The third-order valence-corrected chi connectivity index (χ3v) is 4.41. The molecule has 2 saturated heterocycles. The fraction of sp³-hybridized carbons (Fsp3) is 0.600. The van der Waals surface area contributed by atoms with Gasteiger partial charge >= 0.3 is 0 Å². The SMILES string of the molecule is Cl.NC1CCN(C(=O)C2CCN(c3ccncc3)CC2)C1. The zero-order chi connectivity index (χ0) is 13.9. The van der Waals surface area contributed by atoms with Crippen LogP contribution in [0.15, 0.2) is 24.5 Å². The second-order valence-electron chi connectivity index (χ2n) is 5.80. The second kappa shape index (κ2) is 7.09. The Balaban J connectivity index is 0.00000161. The number of anilines is 1. The Hall–Kier alpha value is -1.33. The summed E-state index contributed by atoms with van der Waals surface area (Å²) in [6, 6.07) is 4.24. The molecule has 2 aliphatic heterocycles. The summed E-state index contributed by atoms with van der Waals surface area (Å²) in [5.74, 6) is 0.491. The van der Waals surface area contributed by atoms with E-state index in [0.717, 1.165) is 45.4 Å². The highest BCUT2D eigenvalue weighted by Gasteiger charge is 2.31. The number of nitrogens with zero attached hydrogens (tertiary/aromatic N) is 3. The smallest absolute Gasteiger partial charge is 0.225 e. The number of carbonyl (C=O) groups is 1. The molecule has 5 nitrogen and oxygen atoms in total. The van der Waals surface area contributed by atoms with E-state index in [2.05, 4.69) is 9.88 Å². The van der Waals surface area contributed by atoms with E-state index in [1.165, 1.54) is 5.69 Å². The van der Waals surface area contributed by atoms with Crippen molar-refractivity contribution in [2.45, 2.75) is 25.3 Å². The normalized spacial score (nSPS) is 23.0. The largest absolute Gasteiger partial charge is 0.371 e. The molecule has 1 unspecified atom stereocenters. The van der Waals surface area contributed by atoms with Crippen molar-refractivity contribution in [1.82, 2.24) is 9.88 Å². The number of hydrogen-bond acceptors (Lipinski definition) is 4. The number of halogens is 1. The average Bonchev–Trinajstić information content (AvgIpc) is 2.94. The van der Waals surface area contributed by atoms with E-state index in [1.807, 2.05) is 29.4 Å². The van der Waals surface area contributed by atoms with Crippen LogP contribution in [0.4, 0.5) is 5.69 Å². The molecule has 2 N–H and O–H groups in total. The highest BCUT2D eigenvalue weighted by Crippen LogP contribution is 2.25. The van der Waals surface area contributed by atoms with Crippen LogP contribution in [-0.4, -0.2) is 48.0 Å². The topological polar surface area (TPSA) is 62.5 Å². The van der Waals surface area contributed by atoms with Crippen molar-refractivity contribution >= 4 is 24.0 Å². The van der Waals surface area contributed by atoms with Gasteiger partial charge in [-0.25, -0.2) is 0 Å². The Morgan fingerprint density at radius 3 is 2.38 bits per heavy atom. The number of aromatic nitrogens is 1. The molecule has 0 spiro atoms. The summed E-state index contributed by atoms with van der Waals surface area (Å²) in [4.78, 5) is 20.8. The molecular weight excluding hydrogens is 288 g/mol. The number of piperidine rings is 1. The van der Waals surface area contributed by atoms with Gasteiger partial charge in [-0.1, -0.05) is 0 Å². The summed E-state index contributed by atoms with van der Waals surface area (Å²) in [6.45, 7) is 3.47. The van der Waals surface area contributed by atoms with Gasteiger partial charge in [0.15, 0.2) is 0 Å². The van der Waals surface area contributed by atoms with Gasteiger partial charge in [-0.3, -0.25) is 9.78 Å². The molecule has 1 amide bonds. The van der Waals surface area contributed by atoms with Crippen LogP contribution in [0.5, 0.6) is 0 Å². The predicted octanol–water partition coefficient (Wildman–Crippen LogP) is 1.28. The van der Waals surface area contributed by atoms with E-state index in [0.29, 0.717) is 5.91 Å². The van der Waals surface area contributed by atoms with Gasteiger partial charge in [-0.15, -0.1) is 12.4 Å². The van der Waals surface area contributed by atoms with Crippen molar-refractivity contribution in [3.05, 3.63) is 24.5 Å². The van der Waals surface area contributed by atoms with Gasteiger partial charge in [-0.05, 0) is 31.4 Å². The number of likely N-dealkylation sites (tertiary alicyclic amines) is 1. The van der Waals surface area contributed by atoms with E-state index < -0.39 is 0 Å². The molecule has 116 valence electrons. The highest BCUT2D eigenvalue weighted by molar-refractivity contribution is 5.85. The molecule has 1 atom stereocenters. The minimum Gasteiger partial charge on any atom is -0.371 e. The van der Waals surface area contributed by atoms with Gasteiger partial charge in [0, 0.05) is 56.2 Å². The minimum atomic E-state index is 0. The van der Waals surface area contributed by atoms with Crippen molar-refractivity contribution in [3.63, 3.8) is 0 Å². The monoisotopic (exact) mass is 310 g/mol. The minimum absolute atomic E-state index is 0. The van der Waals surface area contributed by atoms with Gasteiger partial charge < -0.3 is 15.5 Å². The summed E-state index contributed by atoms with van der Waals surface area (Å²) in [5.41, 5.74) is 7.09. The summed E-state index contributed by atoms with van der Waals surface area (Å²) >= 11 is 0. The molecule has 0 saturated carbocycles. The summed E-state index contributed by atoms with van der Waals surface area (Å²) in [7, 11) is 0. The lowest BCUT2D eigenvalue weighted by Crippen LogP contribution is -2.42. The van der Waals surface area contributed by atoms with Crippen molar-refractivity contribution in [2.24, 2.45) is 11.7 Å². The molecule has 21 heavy (non-hydrogen) atoms. The van der Waals surface area contributed by atoms with E-state index in [4.69, 9.17) is 5.73 Å². The molecule has 0 aromatic carbocycles. The molecule has 0 bridgehead atoms. The number of hydrogen-bond donors (Lipinski definition) is 1. The number of amides is 1. The molecule has 1 aromatic heterocycles. The molecule has 0 radical (unpaired) electrons. The van der Waals surface area contributed by atoms with E-state index in [1.54, 1.807) is 0 Å². The Labute approximate surface area is 131 Å². The predicted molar refractivity (Wildman–Crippen MR) is 85.6 cm³/mol. The highest BCUT2D eigenvalue weighted by atomic mass is 35.5. The van der Waals surface area contributed by atoms with Crippen molar-refractivity contribution < 1.29 is 4.79 Å². The standard InChI is InChI=1S/C15H22N4O.ClH/c16-13-5-10-19(11-13)15(20)12-3-8-18(9-4-12)14-1-6-17-7-2-14;/h1-2,6-7,12-13H,3-5,8-11,16H2;1H.